The summed E-state index contributed by atoms with van der Waals surface area (Å²) in [5.74, 6) is -0.0257. The summed E-state index contributed by atoms with van der Waals surface area (Å²) >= 11 is 0. The van der Waals surface area contributed by atoms with E-state index in [1.807, 2.05) is 0 Å². The SMILES string of the molecule is CCCCCCCCC/C=C\CCCCCCCC(=O)OCCCCCCCCCCC/C=C\C/C=C\CCCCCCCCCCCCCCCC(=O)NC(CO)C(O)CCCCCCCCCCCCCCCCCCCCCCCCC. The predicted molar refractivity (Wildman–Crippen MR) is 375 cm³/mol. The van der Waals surface area contributed by atoms with Crippen LogP contribution in [0.2, 0.25) is 0 Å². The Morgan fingerprint density at radius 3 is 0.906 bits per heavy atom. The zero-order valence-corrected chi connectivity index (χ0v) is 57.6. The maximum absolute atomic E-state index is 12.6. The summed E-state index contributed by atoms with van der Waals surface area (Å²) in [6.07, 6.45) is 96.5. The van der Waals surface area contributed by atoms with Gasteiger partial charge < -0.3 is 20.3 Å². The molecule has 502 valence electrons. The second-order valence-electron chi connectivity index (χ2n) is 26.7. The third-order valence-corrected chi connectivity index (χ3v) is 18.2. The van der Waals surface area contributed by atoms with E-state index in [-0.39, 0.29) is 18.5 Å². The highest BCUT2D eigenvalue weighted by atomic mass is 16.5. The summed E-state index contributed by atoms with van der Waals surface area (Å²) in [6, 6.07) is -0.544. The van der Waals surface area contributed by atoms with Gasteiger partial charge in [-0.25, -0.2) is 0 Å². The number of hydrogen-bond acceptors (Lipinski definition) is 5. The van der Waals surface area contributed by atoms with Crippen molar-refractivity contribution in [3.8, 4) is 0 Å². The summed E-state index contributed by atoms with van der Waals surface area (Å²) in [7, 11) is 0. The van der Waals surface area contributed by atoms with Gasteiger partial charge in [0.1, 0.15) is 0 Å². The molecular formula is C79H151NO5. The molecule has 85 heavy (non-hydrogen) atoms. The fourth-order valence-corrected chi connectivity index (χ4v) is 12.3. The van der Waals surface area contributed by atoms with Crippen LogP contribution in [0.4, 0.5) is 0 Å². The van der Waals surface area contributed by atoms with Gasteiger partial charge in [-0.1, -0.05) is 371 Å². The molecule has 0 saturated heterocycles. The molecule has 0 aromatic carbocycles. The molecule has 3 N–H and O–H groups in total. The number of hydrogen-bond donors (Lipinski definition) is 3. The number of carbonyl (C=O) groups is 2. The number of aliphatic hydroxyl groups excluding tert-OH is 2. The van der Waals surface area contributed by atoms with E-state index in [2.05, 4.69) is 55.6 Å². The van der Waals surface area contributed by atoms with Crippen LogP contribution in [0.1, 0.15) is 431 Å². The molecule has 0 fully saturated rings. The lowest BCUT2D eigenvalue weighted by Crippen LogP contribution is -2.45. The Kier molecular flexibility index (Phi) is 72.9. The number of unbranched alkanes of at least 4 members (excludes halogenated alkanes) is 56. The number of nitrogens with one attached hydrogen (secondary N) is 1. The largest absolute Gasteiger partial charge is 0.466 e. The number of allylic oxidation sites excluding steroid dienone is 6. The number of carbonyl (C=O) groups excluding carboxylic acids is 2. The maximum Gasteiger partial charge on any atom is 0.305 e. The Morgan fingerprint density at radius 1 is 0.329 bits per heavy atom. The van der Waals surface area contributed by atoms with E-state index in [4.69, 9.17) is 4.74 Å². The fourth-order valence-electron chi connectivity index (χ4n) is 12.3. The molecule has 0 aromatic rings. The standard InChI is InChI=1S/C79H151NO5/c1-3-5-7-9-11-13-15-17-19-21-22-23-31-34-37-40-43-47-51-55-59-63-67-71-77(82)76(75-81)80-78(83)72-68-64-60-56-52-48-44-41-38-35-32-29-27-25-24-26-28-30-33-36-39-42-46-50-54-58-62-66-70-74-85-79(84)73-69-65-61-57-53-49-45-20-18-16-14-12-10-8-6-4-2/h20,24,26,30,33,45,76-77,81-82H,3-19,21-23,25,27-29,31-32,34-44,46-75H2,1-2H3,(H,80,83)/b26-24-,33-30-,45-20-. The summed E-state index contributed by atoms with van der Waals surface area (Å²) in [6.45, 7) is 4.99. The van der Waals surface area contributed by atoms with E-state index in [9.17, 15) is 19.8 Å². The molecule has 1 amide bonds. The second-order valence-corrected chi connectivity index (χ2v) is 26.7. The first-order valence-corrected chi connectivity index (χ1v) is 38.7. The first-order chi connectivity index (χ1) is 42.0. The molecule has 2 unspecified atom stereocenters. The van der Waals surface area contributed by atoms with E-state index in [0.29, 0.717) is 25.9 Å². The summed E-state index contributed by atoms with van der Waals surface area (Å²) in [5.41, 5.74) is 0. The van der Waals surface area contributed by atoms with Crippen molar-refractivity contribution in [2.75, 3.05) is 13.2 Å². The Balaban J connectivity index is 3.40. The molecule has 0 spiro atoms. The minimum atomic E-state index is -0.667. The highest BCUT2D eigenvalue weighted by Gasteiger charge is 2.20. The van der Waals surface area contributed by atoms with Crippen LogP contribution in [0, 0.1) is 0 Å². The van der Waals surface area contributed by atoms with Crippen molar-refractivity contribution in [2.24, 2.45) is 0 Å². The first-order valence-electron chi connectivity index (χ1n) is 38.7. The molecule has 0 rings (SSSR count). The van der Waals surface area contributed by atoms with Gasteiger partial charge in [-0.3, -0.25) is 9.59 Å². The molecule has 0 bridgehead atoms. The highest BCUT2D eigenvalue weighted by Crippen LogP contribution is 2.19. The maximum atomic E-state index is 12.6. The lowest BCUT2D eigenvalue weighted by Gasteiger charge is -2.22. The second kappa shape index (κ2) is 74.5. The Bertz CT molecular complexity index is 1380. The quantitative estimate of drug-likeness (QED) is 0.0320. The van der Waals surface area contributed by atoms with Crippen LogP contribution in [0.15, 0.2) is 36.5 Å². The predicted octanol–water partition coefficient (Wildman–Crippen LogP) is 25.4. The molecule has 0 heterocycles. The van der Waals surface area contributed by atoms with Crippen LogP contribution in [-0.4, -0.2) is 47.4 Å². The summed E-state index contributed by atoms with van der Waals surface area (Å²) in [4.78, 5) is 24.7. The van der Waals surface area contributed by atoms with E-state index in [0.717, 1.165) is 51.4 Å². The average Bonchev–Trinajstić information content (AvgIpc) is 3.51. The van der Waals surface area contributed by atoms with Gasteiger partial charge in [0.15, 0.2) is 0 Å². The summed E-state index contributed by atoms with van der Waals surface area (Å²) < 4.78 is 5.49. The Labute approximate surface area is 532 Å². The number of aliphatic hydroxyl groups is 2. The van der Waals surface area contributed by atoms with Crippen molar-refractivity contribution >= 4 is 11.9 Å². The third kappa shape index (κ3) is 71.0. The van der Waals surface area contributed by atoms with Gasteiger partial charge in [-0.15, -0.1) is 0 Å². The van der Waals surface area contributed by atoms with Crippen LogP contribution in [-0.2, 0) is 14.3 Å². The molecule has 0 aromatic heterocycles. The smallest absolute Gasteiger partial charge is 0.305 e. The topological polar surface area (TPSA) is 95.9 Å². The average molecular weight is 1200 g/mol. The van der Waals surface area contributed by atoms with Crippen LogP contribution in [0.3, 0.4) is 0 Å². The van der Waals surface area contributed by atoms with Crippen LogP contribution < -0.4 is 5.32 Å². The van der Waals surface area contributed by atoms with Crippen LogP contribution in [0.25, 0.3) is 0 Å². The van der Waals surface area contributed by atoms with Gasteiger partial charge in [0.05, 0.1) is 25.4 Å². The molecule has 0 aliphatic carbocycles. The summed E-state index contributed by atoms with van der Waals surface area (Å²) in [5, 5.41) is 23.5. The Hall–Kier alpha value is -1.92. The molecule has 0 saturated carbocycles. The zero-order chi connectivity index (χ0) is 61.3. The molecule has 6 nitrogen and oxygen atoms in total. The van der Waals surface area contributed by atoms with Crippen molar-refractivity contribution < 1.29 is 24.5 Å². The first kappa shape index (κ1) is 83.1. The van der Waals surface area contributed by atoms with Crippen molar-refractivity contribution in [1.29, 1.82) is 0 Å². The van der Waals surface area contributed by atoms with Gasteiger partial charge in [0.2, 0.25) is 5.91 Å². The molecule has 0 aliphatic heterocycles. The number of esters is 1. The lowest BCUT2D eigenvalue weighted by molar-refractivity contribution is -0.143. The number of ether oxygens (including phenoxy) is 1. The molecule has 2 atom stereocenters. The van der Waals surface area contributed by atoms with Gasteiger partial charge in [0, 0.05) is 12.8 Å². The third-order valence-electron chi connectivity index (χ3n) is 18.2. The minimum absolute atomic E-state index is 0.00542. The van der Waals surface area contributed by atoms with E-state index in [1.165, 1.54) is 347 Å². The Morgan fingerprint density at radius 2 is 0.588 bits per heavy atom. The lowest BCUT2D eigenvalue weighted by atomic mass is 10.0. The molecular weight excluding hydrogens is 1040 g/mol. The fraction of sp³-hybridized carbons (Fsp3) is 0.899. The number of amides is 1. The molecule has 0 radical (unpaired) electrons. The molecule has 6 heteroatoms. The van der Waals surface area contributed by atoms with Gasteiger partial charge in [-0.2, -0.15) is 0 Å². The normalized spacial score (nSPS) is 12.7. The van der Waals surface area contributed by atoms with E-state index >= 15 is 0 Å². The minimum Gasteiger partial charge on any atom is -0.466 e. The highest BCUT2D eigenvalue weighted by molar-refractivity contribution is 5.76. The zero-order valence-electron chi connectivity index (χ0n) is 57.6. The van der Waals surface area contributed by atoms with Gasteiger partial charge >= 0.3 is 5.97 Å². The van der Waals surface area contributed by atoms with Crippen molar-refractivity contribution in [1.82, 2.24) is 5.32 Å². The van der Waals surface area contributed by atoms with Crippen LogP contribution >= 0.6 is 0 Å². The van der Waals surface area contributed by atoms with Crippen molar-refractivity contribution in [2.45, 2.75) is 443 Å². The monoisotopic (exact) mass is 1190 g/mol. The van der Waals surface area contributed by atoms with Crippen LogP contribution in [0.5, 0.6) is 0 Å². The molecule has 0 aliphatic rings. The van der Waals surface area contributed by atoms with Crippen molar-refractivity contribution in [3.05, 3.63) is 36.5 Å². The van der Waals surface area contributed by atoms with Gasteiger partial charge in [-0.05, 0) is 83.5 Å². The number of rotatable bonds is 73. The van der Waals surface area contributed by atoms with Crippen molar-refractivity contribution in [3.63, 3.8) is 0 Å². The van der Waals surface area contributed by atoms with E-state index < -0.39 is 12.1 Å². The van der Waals surface area contributed by atoms with Gasteiger partial charge in [0.25, 0.3) is 0 Å². The van der Waals surface area contributed by atoms with E-state index in [1.54, 1.807) is 0 Å².